The minimum atomic E-state index is -3.42. The fourth-order valence-electron chi connectivity index (χ4n) is 1.70. The van der Waals surface area contributed by atoms with Crippen LogP contribution in [0.2, 0.25) is 0 Å². The maximum Gasteiger partial charge on any atom is 0.240 e. The summed E-state index contributed by atoms with van der Waals surface area (Å²) in [7, 11) is -0.414. The van der Waals surface area contributed by atoms with Crippen molar-refractivity contribution in [1.29, 1.82) is 0 Å². The molecule has 0 saturated carbocycles. The molecule has 0 bridgehead atoms. The molecule has 0 aliphatic heterocycles. The molecule has 96 valence electrons. The summed E-state index contributed by atoms with van der Waals surface area (Å²) in [4.78, 5) is 0.310. The molecule has 0 unspecified atom stereocenters. The van der Waals surface area contributed by atoms with Gasteiger partial charge in [0.2, 0.25) is 10.0 Å². The van der Waals surface area contributed by atoms with Crippen LogP contribution in [0.4, 0.5) is 0 Å². The van der Waals surface area contributed by atoms with Gasteiger partial charge in [-0.15, -0.1) is 0 Å². The van der Waals surface area contributed by atoms with Crippen LogP contribution in [-0.2, 0) is 10.0 Å². The van der Waals surface area contributed by atoms with Crippen LogP contribution in [0.3, 0.4) is 0 Å². The Kier molecular flexibility index (Phi) is 4.16. The lowest BCUT2D eigenvalue weighted by atomic mass is 10.0. The van der Waals surface area contributed by atoms with Crippen molar-refractivity contribution in [2.45, 2.75) is 31.6 Å². The molecule has 0 amide bonds. The zero-order valence-corrected chi connectivity index (χ0v) is 11.7. The number of nitrogens with one attached hydrogen (secondary N) is 1. The Bertz CT molecular complexity index is 507. The van der Waals surface area contributed by atoms with Gasteiger partial charge in [-0.2, -0.15) is 0 Å². The van der Waals surface area contributed by atoms with E-state index >= 15 is 0 Å². The minimum Gasteiger partial charge on any atom is -0.496 e. The molecule has 0 aromatic heterocycles. The van der Waals surface area contributed by atoms with Crippen molar-refractivity contribution in [3.05, 3.63) is 23.3 Å². The van der Waals surface area contributed by atoms with E-state index in [9.17, 15) is 8.42 Å². The number of hydrogen-bond acceptors (Lipinski definition) is 3. The summed E-state index contributed by atoms with van der Waals surface area (Å²) in [5, 5.41) is 0. The Morgan fingerprint density at radius 3 is 2.29 bits per heavy atom. The molecule has 1 aromatic rings. The van der Waals surface area contributed by atoms with Crippen molar-refractivity contribution < 1.29 is 13.2 Å². The molecule has 0 fully saturated rings. The lowest BCUT2D eigenvalue weighted by molar-refractivity contribution is 0.406. The summed E-state index contributed by atoms with van der Waals surface area (Å²) in [5.41, 5.74) is 1.58. The van der Waals surface area contributed by atoms with Gasteiger partial charge in [0.25, 0.3) is 0 Å². The van der Waals surface area contributed by atoms with Gasteiger partial charge in [0.1, 0.15) is 5.75 Å². The molecule has 5 heteroatoms. The zero-order chi connectivity index (χ0) is 13.2. The summed E-state index contributed by atoms with van der Waals surface area (Å²) in [6.07, 6.45) is 0. The summed E-state index contributed by atoms with van der Waals surface area (Å²) in [6, 6.07) is 3.45. The van der Waals surface area contributed by atoms with E-state index in [4.69, 9.17) is 4.74 Å². The lowest BCUT2D eigenvalue weighted by Gasteiger charge is -2.15. The van der Waals surface area contributed by atoms with Gasteiger partial charge in [-0.05, 0) is 43.1 Å². The number of benzene rings is 1. The molecule has 17 heavy (non-hydrogen) atoms. The Morgan fingerprint density at radius 2 is 1.88 bits per heavy atom. The van der Waals surface area contributed by atoms with Crippen LogP contribution >= 0.6 is 0 Å². The Labute approximate surface area is 103 Å². The molecule has 0 aliphatic carbocycles. The molecule has 4 nitrogen and oxygen atoms in total. The first kappa shape index (κ1) is 14.0. The molecule has 0 spiro atoms. The normalized spacial score (nSPS) is 11.9. The minimum absolute atomic E-state index is 0.205. The SMILES string of the molecule is CNS(=O)(=O)c1cc(C(C)C)c(OC)cc1C. The molecule has 0 saturated heterocycles. The van der Waals surface area contributed by atoms with Crippen molar-refractivity contribution in [3.63, 3.8) is 0 Å². The third-order valence-corrected chi connectivity index (χ3v) is 4.26. The standard InChI is InChI=1S/C12H19NO3S/c1-8(2)10-7-12(17(14,15)13-4)9(3)6-11(10)16-5/h6-8,13H,1-5H3. The largest absolute Gasteiger partial charge is 0.496 e. The first-order valence-electron chi connectivity index (χ1n) is 5.45. The van der Waals surface area contributed by atoms with E-state index in [-0.39, 0.29) is 5.92 Å². The molecular weight excluding hydrogens is 238 g/mol. The van der Waals surface area contributed by atoms with Gasteiger partial charge in [0.15, 0.2) is 0 Å². The van der Waals surface area contributed by atoms with Crippen molar-refractivity contribution in [3.8, 4) is 5.75 Å². The second kappa shape index (κ2) is 5.06. The van der Waals surface area contributed by atoms with E-state index in [1.165, 1.54) is 7.05 Å². The van der Waals surface area contributed by atoms with Gasteiger partial charge in [-0.3, -0.25) is 0 Å². The van der Waals surface area contributed by atoms with Gasteiger partial charge in [0.05, 0.1) is 12.0 Å². The summed E-state index contributed by atoms with van der Waals surface area (Å²) in [6.45, 7) is 5.77. The van der Waals surface area contributed by atoms with Gasteiger partial charge < -0.3 is 4.74 Å². The summed E-state index contributed by atoms with van der Waals surface area (Å²) >= 11 is 0. The molecule has 0 heterocycles. The van der Waals surface area contributed by atoms with Crippen LogP contribution in [0.5, 0.6) is 5.75 Å². The van der Waals surface area contributed by atoms with Crippen molar-refractivity contribution in [2.75, 3.05) is 14.2 Å². The first-order valence-corrected chi connectivity index (χ1v) is 6.94. The molecule has 1 rings (SSSR count). The number of rotatable bonds is 4. The number of aryl methyl sites for hydroxylation is 1. The summed E-state index contributed by atoms with van der Waals surface area (Å²) < 4.78 is 31.3. The van der Waals surface area contributed by atoms with E-state index in [2.05, 4.69) is 4.72 Å². The summed E-state index contributed by atoms with van der Waals surface area (Å²) in [5.74, 6) is 0.934. The van der Waals surface area contributed by atoms with Crippen molar-refractivity contribution in [1.82, 2.24) is 4.72 Å². The highest BCUT2D eigenvalue weighted by molar-refractivity contribution is 7.89. The maximum atomic E-state index is 11.8. The van der Waals surface area contributed by atoms with E-state index in [1.54, 1.807) is 26.2 Å². The number of ether oxygens (including phenoxy) is 1. The molecular formula is C12H19NO3S. The van der Waals surface area contributed by atoms with Gasteiger partial charge in [-0.1, -0.05) is 13.8 Å². The molecule has 0 radical (unpaired) electrons. The second-order valence-corrected chi connectivity index (χ2v) is 6.08. The smallest absolute Gasteiger partial charge is 0.240 e. The highest BCUT2D eigenvalue weighted by Crippen LogP contribution is 2.31. The average Bonchev–Trinajstić information content (AvgIpc) is 2.27. The predicted molar refractivity (Wildman–Crippen MR) is 68.1 cm³/mol. The Hall–Kier alpha value is -1.07. The fraction of sp³-hybridized carbons (Fsp3) is 0.500. The van der Waals surface area contributed by atoms with Crippen LogP contribution < -0.4 is 9.46 Å². The van der Waals surface area contributed by atoms with E-state index in [0.717, 1.165) is 11.3 Å². The van der Waals surface area contributed by atoms with Crippen molar-refractivity contribution >= 4 is 10.0 Å². The highest BCUT2D eigenvalue weighted by atomic mass is 32.2. The first-order chi connectivity index (χ1) is 7.83. The molecule has 1 N–H and O–H groups in total. The third-order valence-electron chi connectivity index (χ3n) is 2.71. The number of sulfonamides is 1. The van der Waals surface area contributed by atoms with Crippen molar-refractivity contribution in [2.24, 2.45) is 0 Å². The number of methoxy groups -OCH3 is 1. The molecule has 0 aliphatic rings. The van der Waals surface area contributed by atoms with Gasteiger partial charge >= 0.3 is 0 Å². The van der Waals surface area contributed by atoms with Crippen LogP contribution in [-0.4, -0.2) is 22.6 Å². The molecule has 0 atom stereocenters. The van der Waals surface area contributed by atoms with Gasteiger partial charge in [0, 0.05) is 0 Å². The maximum absolute atomic E-state index is 11.8. The predicted octanol–water partition coefficient (Wildman–Crippen LogP) is 2.04. The molecule has 1 aromatic carbocycles. The third kappa shape index (κ3) is 2.79. The average molecular weight is 257 g/mol. The van der Waals surface area contributed by atoms with E-state index in [1.807, 2.05) is 13.8 Å². The zero-order valence-electron chi connectivity index (χ0n) is 10.9. The fourth-order valence-corrected chi connectivity index (χ4v) is 2.69. The quantitative estimate of drug-likeness (QED) is 0.898. The van der Waals surface area contributed by atoms with E-state index < -0.39 is 10.0 Å². The van der Waals surface area contributed by atoms with Crippen LogP contribution in [0.25, 0.3) is 0 Å². The Morgan fingerprint density at radius 1 is 1.29 bits per heavy atom. The number of hydrogen-bond donors (Lipinski definition) is 1. The monoisotopic (exact) mass is 257 g/mol. The topological polar surface area (TPSA) is 55.4 Å². The highest BCUT2D eigenvalue weighted by Gasteiger charge is 2.19. The van der Waals surface area contributed by atoms with Gasteiger partial charge in [-0.25, -0.2) is 13.1 Å². The van der Waals surface area contributed by atoms with Crippen LogP contribution in [0.15, 0.2) is 17.0 Å². The van der Waals surface area contributed by atoms with Crippen LogP contribution in [0, 0.1) is 6.92 Å². The Balaban J connectivity index is 3.50. The second-order valence-electron chi connectivity index (χ2n) is 4.22. The lowest BCUT2D eigenvalue weighted by Crippen LogP contribution is -2.20. The van der Waals surface area contributed by atoms with Crippen LogP contribution in [0.1, 0.15) is 30.9 Å². The van der Waals surface area contributed by atoms with E-state index in [0.29, 0.717) is 10.5 Å².